The van der Waals surface area contributed by atoms with E-state index >= 15 is 0 Å². The topological polar surface area (TPSA) is 24.7 Å². The lowest BCUT2D eigenvalue weighted by atomic mass is 10.5. The van der Waals surface area contributed by atoms with Gasteiger partial charge in [0.05, 0.1) is 6.01 Å². The highest BCUT2D eigenvalue weighted by molar-refractivity contribution is 6.84. The van der Waals surface area contributed by atoms with Crippen molar-refractivity contribution in [2.45, 2.75) is 116 Å². The first-order valence-electron chi connectivity index (χ1n) is 9.55. The summed E-state index contributed by atoms with van der Waals surface area (Å²) in [4.78, 5) is 0. The Kier molecular flexibility index (Phi) is 8.71. The second-order valence-electron chi connectivity index (χ2n) is 9.03. The molecule has 0 bridgehead atoms. The number of rotatable bonds is 8. The second-order valence-corrected chi connectivity index (χ2v) is 20.0. The predicted octanol–water partition coefficient (Wildman–Crippen LogP) is 7.51. The Morgan fingerprint density at radius 2 is 0.609 bits per heavy atom. The van der Waals surface area contributed by atoms with Crippen molar-refractivity contribution < 1.29 is 0 Å². The summed E-state index contributed by atoms with van der Waals surface area (Å²) in [7, 11) is -3.58. The zero-order valence-corrected chi connectivity index (χ0v) is 19.9. The molecule has 0 aromatic heterocycles. The predicted molar refractivity (Wildman–Crippen MR) is 112 cm³/mol. The molecule has 0 aromatic carbocycles. The monoisotopic (exact) mass is 354 g/mol. The van der Waals surface area contributed by atoms with Crippen molar-refractivity contribution in [2.24, 2.45) is 9.32 Å². The molecule has 0 N–H and O–H groups in total. The summed E-state index contributed by atoms with van der Waals surface area (Å²) in [6.07, 6.45) is 0. The molecule has 0 amide bonds. The van der Waals surface area contributed by atoms with Crippen molar-refractivity contribution in [2.75, 3.05) is 0 Å². The van der Waals surface area contributed by atoms with Crippen LogP contribution in [0.3, 0.4) is 0 Å². The van der Waals surface area contributed by atoms with Crippen LogP contribution in [0.25, 0.3) is 0 Å². The van der Waals surface area contributed by atoms with Crippen LogP contribution < -0.4 is 0 Å². The number of hydrogen-bond donors (Lipinski definition) is 0. The Morgan fingerprint density at radius 1 is 0.435 bits per heavy atom. The van der Waals surface area contributed by atoms with Gasteiger partial charge in [0, 0.05) is 0 Å². The van der Waals surface area contributed by atoms with Gasteiger partial charge in [-0.15, -0.1) is 0 Å². The Balaban J connectivity index is 6.13. The Hall–Kier alpha value is -0.186. The molecule has 136 valence electrons. The first-order chi connectivity index (χ1) is 10.4. The largest absolute Gasteiger partial charge is 0.266 e. The summed E-state index contributed by atoms with van der Waals surface area (Å²) < 4.78 is 10.3. The molecule has 0 atom stereocenters. The average molecular weight is 355 g/mol. The van der Waals surface area contributed by atoms with Crippen LogP contribution in [0.1, 0.15) is 83.1 Å². The van der Waals surface area contributed by atoms with Crippen molar-refractivity contribution in [1.82, 2.24) is 0 Å². The summed E-state index contributed by atoms with van der Waals surface area (Å²) >= 11 is 0. The van der Waals surface area contributed by atoms with Gasteiger partial charge >= 0.3 is 0 Å². The quantitative estimate of drug-likeness (QED) is 0.318. The Bertz CT molecular complexity index is 338. The van der Waals surface area contributed by atoms with Gasteiger partial charge in [0.15, 0.2) is 0 Å². The van der Waals surface area contributed by atoms with E-state index in [1.165, 1.54) is 0 Å². The van der Waals surface area contributed by atoms with Crippen LogP contribution in [-0.4, -0.2) is 22.5 Å². The van der Waals surface area contributed by atoms with E-state index < -0.39 is 16.5 Å². The molecule has 0 aliphatic rings. The molecule has 0 saturated carbocycles. The summed E-state index contributed by atoms with van der Waals surface area (Å²) in [5, 5.41) is 0. The summed E-state index contributed by atoms with van der Waals surface area (Å²) in [5.41, 5.74) is 3.74. The van der Waals surface area contributed by atoms with Crippen molar-refractivity contribution in [3.63, 3.8) is 0 Å². The molecule has 0 spiro atoms. The third-order valence-electron chi connectivity index (χ3n) is 6.04. The summed E-state index contributed by atoms with van der Waals surface area (Å²) in [6, 6.07) is 3.33. The van der Waals surface area contributed by atoms with Crippen molar-refractivity contribution in [1.29, 1.82) is 0 Å². The normalized spacial score (nSPS) is 13.7. The van der Waals surface area contributed by atoms with Crippen LogP contribution in [0.5, 0.6) is 0 Å². The van der Waals surface area contributed by atoms with Crippen molar-refractivity contribution >= 4 is 22.5 Å². The molecule has 0 aliphatic heterocycles. The molecule has 0 fully saturated rings. The SMILES string of the molecule is CC(C)[Si](N=C=N[Si](C(C)C)(C(C)C)C(C)C)(C(C)C)C(C)C. The van der Waals surface area contributed by atoms with Gasteiger partial charge < -0.3 is 0 Å². The van der Waals surface area contributed by atoms with Crippen LogP contribution in [-0.2, 0) is 0 Å². The third-order valence-corrected chi connectivity index (χ3v) is 18.1. The molecule has 0 rings (SSSR count). The minimum Gasteiger partial charge on any atom is -0.266 e. The van der Waals surface area contributed by atoms with Crippen LogP contribution in [0, 0.1) is 0 Å². The van der Waals surface area contributed by atoms with E-state index in [2.05, 4.69) is 89.1 Å². The van der Waals surface area contributed by atoms with E-state index in [1.807, 2.05) is 0 Å². The van der Waals surface area contributed by atoms with Gasteiger partial charge in [0.25, 0.3) is 0 Å². The molecular formula is C19H42N2Si2. The van der Waals surface area contributed by atoms with E-state index in [4.69, 9.17) is 9.32 Å². The van der Waals surface area contributed by atoms with Gasteiger partial charge in [-0.25, -0.2) is 0 Å². The van der Waals surface area contributed by atoms with E-state index in [0.29, 0.717) is 33.2 Å². The van der Waals surface area contributed by atoms with Crippen LogP contribution in [0.15, 0.2) is 9.32 Å². The fourth-order valence-corrected chi connectivity index (χ4v) is 15.1. The number of nitrogens with zero attached hydrogens (tertiary/aromatic N) is 2. The van der Waals surface area contributed by atoms with E-state index in [1.54, 1.807) is 0 Å². The Labute approximate surface area is 148 Å². The molecule has 0 saturated heterocycles. The maximum atomic E-state index is 5.14. The fraction of sp³-hybridized carbons (Fsp3) is 0.947. The lowest BCUT2D eigenvalue weighted by molar-refractivity contribution is 0.807. The van der Waals surface area contributed by atoms with Gasteiger partial charge in [0.1, 0.15) is 0 Å². The second kappa shape index (κ2) is 8.78. The van der Waals surface area contributed by atoms with Crippen LogP contribution >= 0.6 is 0 Å². The minimum atomic E-state index is -1.79. The van der Waals surface area contributed by atoms with Gasteiger partial charge in [-0.1, -0.05) is 83.1 Å². The molecular weight excluding hydrogens is 312 g/mol. The molecule has 0 aromatic rings. The van der Waals surface area contributed by atoms with Crippen LogP contribution in [0.2, 0.25) is 33.2 Å². The van der Waals surface area contributed by atoms with Crippen LogP contribution in [0.4, 0.5) is 0 Å². The summed E-state index contributed by atoms with van der Waals surface area (Å²) in [6.45, 7) is 28.1. The van der Waals surface area contributed by atoms with E-state index in [0.717, 1.165) is 0 Å². The smallest absolute Gasteiger partial charge is 0.203 e. The first kappa shape index (κ1) is 22.8. The van der Waals surface area contributed by atoms with E-state index in [9.17, 15) is 0 Å². The fourth-order valence-electron chi connectivity index (χ4n) is 4.97. The number of hydrogen-bond acceptors (Lipinski definition) is 2. The zero-order chi connectivity index (χ0) is 18.6. The molecule has 23 heavy (non-hydrogen) atoms. The highest BCUT2D eigenvalue weighted by Crippen LogP contribution is 2.43. The third kappa shape index (κ3) is 4.46. The first-order valence-corrected chi connectivity index (χ1v) is 13.9. The van der Waals surface area contributed by atoms with Gasteiger partial charge in [0.2, 0.25) is 16.5 Å². The zero-order valence-electron chi connectivity index (χ0n) is 17.9. The maximum Gasteiger partial charge on any atom is 0.203 e. The molecule has 0 unspecified atom stereocenters. The molecule has 2 nitrogen and oxygen atoms in total. The average Bonchev–Trinajstić information content (AvgIpc) is 2.35. The maximum absolute atomic E-state index is 5.14. The molecule has 0 aliphatic carbocycles. The highest BCUT2D eigenvalue weighted by atomic mass is 28.3. The van der Waals surface area contributed by atoms with Crippen molar-refractivity contribution in [3.8, 4) is 0 Å². The molecule has 4 heteroatoms. The molecule has 0 radical (unpaired) electrons. The summed E-state index contributed by atoms with van der Waals surface area (Å²) in [5.74, 6) is 0. The van der Waals surface area contributed by atoms with E-state index in [-0.39, 0.29) is 0 Å². The lowest BCUT2D eigenvalue weighted by Gasteiger charge is -2.39. The van der Waals surface area contributed by atoms with Crippen molar-refractivity contribution in [3.05, 3.63) is 0 Å². The van der Waals surface area contributed by atoms with Gasteiger partial charge in [-0.3, -0.25) is 9.32 Å². The molecule has 0 heterocycles. The Morgan fingerprint density at radius 3 is 0.739 bits per heavy atom. The highest BCUT2D eigenvalue weighted by Gasteiger charge is 2.45. The standard InChI is InChI=1S/C19H42N2Si2/c1-14(2)22(15(3)4,16(5)6)20-13-21-23(17(7)8,18(9)10)19(11)12/h14-19H,1-12H3. The lowest BCUT2D eigenvalue weighted by Crippen LogP contribution is -2.44. The van der Waals surface area contributed by atoms with Gasteiger partial charge in [-0.05, 0) is 33.2 Å². The minimum absolute atomic E-state index is 0.624. The van der Waals surface area contributed by atoms with Gasteiger partial charge in [-0.2, -0.15) is 0 Å².